The second-order valence-electron chi connectivity index (χ2n) is 6.07. The molecule has 1 aliphatic heterocycles. The van der Waals surface area contributed by atoms with Crippen molar-refractivity contribution in [3.8, 4) is 0 Å². The van der Waals surface area contributed by atoms with Gasteiger partial charge in [0.15, 0.2) is 0 Å². The summed E-state index contributed by atoms with van der Waals surface area (Å²) in [5, 5.41) is 3.54. The number of ether oxygens (including phenoxy) is 1. The van der Waals surface area contributed by atoms with Gasteiger partial charge in [0, 0.05) is 22.9 Å². The van der Waals surface area contributed by atoms with Gasteiger partial charge in [-0.1, -0.05) is 18.2 Å². The summed E-state index contributed by atoms with van der Waals surface area (Å²) in [5.74, 6) is -0.161. The van der Waals surface area contributed by atoms with Crippen molar-refractivity contribution in [3.63, 3.8) is 0 Å². The van der Waals surface area contributed by atoms with Crippen LogP contribution in [0, 0.1) is 0 Å². The van der Waals surface area contributed by atoms with Crippen molar-refractivity contribution in [3.05, 3.63) is 46.3 Å². The molecule has 0 radical (unpaired) electrons. The van der Waals surface area contributed by atoms with E-state index in [-0.39, 0.29) is 11.9 Å². The molecule has 0 bridgehead atoms. The third-order valence-corrected chi connectivity index (χ3v) is 6.24. The fourth-order valence-electron chi connectivity index (χ4n) is 2.87. The van der Waals surface area contributed by atoms with Gasteiger partial charge in [0.2, 0.25) is 5.91 Å². The van der Waals surface area contributed by atoms with Gasteiger partial charge in [0.05, 0.1) is 17.9 Å². The molecule has 26 heavy (non-hydrogen) atoms. The number of benzene rings is 1. The largest absolute Gasteiger partial charge is 0.462 e. The number of esters is 1. The van der Waals surface area contributed by atoms with Gasteiger partial charge in [-0.3, -0.25) is 4.79 Å². The highest BCUT2D eigenvalue weighted by molar-refractivity contribution is 8.00. The molecule has 138 valence electrons. The summed E-state index contributed by atoms with van der Waals surface area (Å²) in [4.78, 5) is 29.3. The van der Waals surface area contributed by atoms with E-state index in [0.717, 1.165) is 34.8 Å². The van der Waals surface area contributed by atoms with E-state index in [0.29, 0.717) is 22.9 Å². The summed E-state index contributed by atoms with van der Waals surface area (Å²) in [6.45, 7) is 3.80. The summed E-state index contributed by atoms with van der Waals surface area (Å²) >= 11 is 2.96. The van der Waals surface area contributed by atoms with Crippen molar-refractivity contribution in [2.75, 3.05) is 31.3 Å². The van der Waals surface area contributed by atoms with E-state index in [9.17, 15) is 9.59 Å². The summed E-state index contributed by atoms with van der Waals surface area (Å²) in [5.41, 5.74) is 1.57. The average molecular weight is 391 g/mol. The second kappa shape index (κ2) is 8.70. The minimum absolute atomic E-state index is 0.114. The Hall–Kier alpha value is -1.83. The van der Waals surface area contributed by atoms with Gasteiger partial charge < -0.3 is 15.0 Å². The molecule has 3 rings (SSSR count). The first-order valence-electron chi connectivity index (χ1n) is 8.56. The Morgan fingerprint density at radius 2 is 2.08 bits per heavy atom. The normalized spacial score (nSPS) is 13.9. The predicted octanol–water partition coefficient (Wildman–Crippen LogP) is 3.64. The van der Waals surface area contributed by atoms with Gasteiger partial charge >= 0.3 is 5.97 Å². The molecule has 1 amide bonds. The molecule has 7 heteroatoms. The molecular formula is C19H22N2O3S2. The first-order chi connectivity index (χ1) is 12.6. The lowest BCUT2D eigenvalue weighted by Gasteiger charge is -2.22. The number of rotatable bonds is 6. The van der Waals surface area contributed by atoms with Crippen LogP contribution in [0.25, 0.3) is 0 Å². The molecule has 1 N–H and O–H groups in total. The van der Waals surface area contributed by atoms with Crippen molar-refractivity contribution < 1.29 is 14.3 Å². The molecule has 0 atom stereocenters. The van der Waals surface area contributed by atoms with Crippen molar-refractivity contribution in [1.29, 1.82) is 0 Å². The minimum atomic E-state index is -0.347. The Labute approximate surface area is 161 Å². The van der Waals surface area contributed by atoms with E-state index in [1.807, 2.05) is 30.3 Å². The zero-order chi connectivity index (χ0) is 18.5. The van der Waals surface area contributed by atoms with Crippen LogP contribution < -0.4 is 5.32 Å². The van der Waals surface area contributed by atoms with Crippen LogP contribution in [0.3, 0.4) is 0 Å². The van der Waals surface area contributed by atoms with Crippen LogP contribution in [0.4, 0.5) is 5.00 Å². The van der Waals surface area contributed by atoms with E-state index in [4.69, 9.17) is 4.74 Å². The number of anilines is 1. The third-order valence-electron chi connectivity index (χ3n) is 4.09. The second-order valence-corrected chi connectivity index (χ2v) is 8.22. The fraction of sp³-hybridized carbons (Fsp3) is 0.368. The van der Waals surface area contributed by atoms with Gasteiger partial charge in [0.1, 0.15) is 5.00 Å². The van der Waals surface area contributed by atoms with Crippen LogP contribution in [0.5, 0.6) is 0 Å². The highest BCUT2D eigenvalue weighted by Gasteiger charge is 2.28. The van der Waals surface area contributed by atoms with Crippen molar-refractivity contribution >= 4 is 40.0 Å². The highest BCUT2D eigenvalue weighted by atomic mass is 32.2. The number of nitrogens with zero attached hydrogens (tertiary/aromatic N) is 1. The number of carbonyl (C=O) groups is 2. The van der Waals surface area contributed by atoms with E-state index in [1.54, 1.807) is 6.92 Å². The van der Waals surface area contributed by atoms with Crippen LogP contribution in [0.2, 0.25) is 0 Å². The Morgan fingerprint density at radius 1 is 1.31 bits per heavy atom. The number of hydrogen-bond acceptors (Lipinski definition) is 6. The SMILES string of the molecule is CCOC(=O)c1c(NC(=O)CSc2ccccc2)sc2c1CCN(C)C2. The smallest absolute Gasteiger partial charge is 0.341 e. The van der Waals surface area contributed by atoms with Gasteiger partial charge in [-0.25, -0.2) is 4.79 Å². The van der Waals surface area contributed by atoms with Crippen LogP contribution >= 0.6 is 23.1 Å². The maximum absolute atomic E-state index is 12.5. The Kier molecular flexibility index (Phi) is 6.34. The molecule has 2 heterocycles. The van der Waals surface area contributed by atoms with Crippen molar-refractivity contribution in [2.45, 2.75) is 24.8 Å². The van der Waals surface area contributed by atoms with E-state index >= 15 is 0 Å². The number of likely N-dealkylation sites (N-methyl/N-ethyl adjacent to an activating group) is 1. The van der Waals surface area contributed by atoms with Crippen molar-refractivity contribution in [1.82, 2.24) is 4.90 Å². The quantitative estimate of drug-likeness (QED) is 0.603. The number of nitrogens with one attached hydrogen (secondary N) is 1. The number of hydrogen-bond donors (Lipinski definition) is 1. The lowest BCUT2D eigenvalue weighted by molar-refractivity contribution is -0.113. The average Bonchev–Trinajstić information content (AvgIpc) is 2.98. The Balaban J connectivity index is 1.75. The summed E-state index contributed by atoms with van der Waals surface area (Å²) in [7, 11) is 2.06. The van der Waals surface area contributed by atoms with Gasteiger partial charge in [-0.2, -0.15) is 0 Å². The van der Waals surface area contributed by atoms with Crippen LogP contribution in [0.15, 0.2) is 35.2 Å². The number of amides is 1. The molecule has 0 saturated carbocycles. The maximum Gasteiger partial charge on any atom is 0.341 e. The molecule has 0 aliphatic carbocycles. The molecule has 1 aliphatic rings. The molecule has 0 saturated heterocycles. The van der Waals surface area contributed by atoms with E-state index < -0.39 is 0 Å². The van der Waals surface area contributed by atoms with Gasteiger partial charge in [0.25, 0.3) is 0 Å². The number of thioether (sulfide) groups is 1. The molecule has 0 spiro atoms. The molecule has 0 unspecified atom stereocenters. The van der Waals surface area contributed by atoms with Gasteiger partial charge in [-0.15, -0.1) is 23.1 Å². The third kappa shape index (κ3) is 4.47. The van der Waals surface area contributed by atoms with E-state index in [2.05, 4.69) is 17.3 Å². The van der Waals surface area contributed by atoms with Crippen LogP contribution in [-0.2, 0) is 22.5 Å². The topological polar surface area (TPSA) is 58.6 Å². The zero-order valence-corrected chi connectivity index (χ0v) is 16.5. The molecule has 1 aromatic carbocycles. The Bertz CT molecular complexity index is 790. The monoisotopic (exact) mass is 390 g/mol. The number of thiophene rings is 1. The fourth-order valence-corrected chi connectivity index (χ4v) is 4.92. The maximum atomic E-state index is 12.5. The minimum Gasteiger partial charge on any atom is -0.462 e. The molecule has 0 fully saturated rings. The summed E-state index contributed by atoms with van der Waals surface area (Å²) in [6.07, 6.45) is 0.797. The zero-order valence-electron chi connectivity index (χ0n) is 14.9. The summed E-state index contributed by atoms with van der Waals surface area (Å²) in [6, 6.07) is 9.79. The van der Waals surface area contributed by atoms with Crippen LogP contribution in [0.1, 0.15) is 27.7 Å². The van der Waals surface area contributed by atoms with Crippen LogP contribution in [-0.4, -0.2) is 42.7 Å². The van der Waals surface area contributed by atoms with E-state index in [1.165, 1.54) is 23.1 Å². The summed E-state index contributed by atoms with van der Waals surface area (Å²) < 4.78 is 5.23. The molecule has 2 aromatic rings. The lowest BCUT2D eigenvalue weighted by Crippen LogP contribution is -2.26. The molecule has 1 aromatic heterocycles. The number of fused-ring (bicyclic) bond motifs is 1. The standard InChI is InChI=1S/C19H22N2O3S2/c1-3-24-19(23)17-14-9-10-21(2)11-15(14)26-18(17)20-16(22)12-25-13-7-5-4-6-8-13/h4-8H,3,9-12H2,1-2H3,(H,20,22). The Morgan fingerprint density at radius 3 is 2.81 bits per heavy atom. The number of carbonyl (C=O) groups excluding carboxylic acids is 2. The molecular weight excluding hydrogens is 368 g/mol. The highest BCUT2D eigenvalue weighted by Crippen LogP contribution is 2.37. The lowest BCUT2D eigenvalue weighted by atomic mass is 10.0. The van der Waals surface area contributed by atoms with Gasteiger partial charge in [-0.05, 0) is 38.1 Å². The molecule has 5 nitrogen and oxygen atoms in total. The first-order valence-corrected chi connectivity index (χ1v) is 10.4. The van der Waals surface area contributed by atoms with Crippen molar-refractivity contribution in [2.24, 2.45) is 0 Å². The first kappa shape index (κ1) is 18.9. The predicted molar refractivity (Wildman–Crippen MR) is 106 cm³/mol.